The SMILES string of the molecule is CN(C1CCCCCC1)S(=O)(=O)c1ccc(Br)cc1F. The lowest BCUT2D eigenvalue weighted by molar-refractivity contribution is 0.334. The molecule has 1 aliphatic carbocycles. The first kappa shape index (κ1) is 15.9. The molecule has 6 heteroatoms. The number of hydrogen-bond acceptors (Lipinski definition) is 2. The zero-order valence-electron chi connectivity index (χ0n) is 11.5. The van der Waals surface area contributed by atoms with Gasteiger partial charge < -0.3 is 0 Å². The molecule has 0 spiro atoms. The molecule has 0 aromatic heterocycles. The van der Waals surface area contributed by atoms with Gasteiger partial charge in [-0.25, -0.2) is 12.8 Å². The minimum absolute atomic E-state index is 0.0226. The van der Waals surface area contributed by atoms with E-state index in [2.05, 4.69) is 15.9 Å². The first-order valence-electron chi connectivity index (χ1n) is 6.86. The number of nitrogens with zero attached hydrogens (tertiary/aromatic N) is 1. The van der Waals surface area contributed by atoms with E-state index in [9.17, 15) is 12.8 Å². The van der Waals surface area contributed by atoms with E-state index in [0.717, 1.165) is 38.5 Å². The summed E-state index contributed by atoms with van der Waals surface area (Å²) >= 11 is 3.14. The van der Waals surface area contributed by atoms with Crippen LogP contribution in [0.3, 0.4) is 0 Å². The molecule has 0 atom stereocenters. The lowest BCUT2D eigenvalue weighted by atomic mass is 10.1. The predicted octanol–water partition coefficient (Wildman–Crippen LogP) is 3.93. The average Bonchev–Trinajstić information content (AvgIpc) is 2.66. The third-order valence-electron chi connectivity index (χ3n) is 3.89. The molecule has 112 valence electrons. The summed E-state index contributed by atoms with van der Waals surface area (Å²) in [6.45, 7) is 0. The minimum Gasteiger partial charge on any atom is -0.207 e. The van der Waals surface area contributed by atoms with Crippen molar-refractivity contribution < 1.29 is 12.8 Å². The summed E-state index contributed by atoms with van der Waals surface area (Å²) < 4.78 is 40.9. The molecule has 0 heterocycles. The van der Waals surface area contributed by atoms with Gasteiger partial charge in [-0.05, 0) is 31.0 Å². The van der Waals surface area contributed by atoms with Crippen molar-refractivity contribution in [3.8, 4) is 0 Å². The summed E-state index contributed by atoms with van der Waals surface area (Å²) in [6, 6.07) is 4.04. The second kappa shape index (κ2) is 6.54. The third kappa shape index (κ3) is 3.40. The fourth-order valence-corrected chi connectivity index (χ4v) is 4.45. The molecule has 0 radical (unpaired) electrons. The Kier molecular flexibility index (Phi) is 5.20. The van der Waals surface area contributed by atoms with Gasteiger partial charge in [-0.1, -0.05) is 41.6 Å². The Morgan fingerprint density at radius 1 is 1.20 bits per heavy atom. The van der Waals surface area contributed by atoms with Gasteiger partial charge in [-0.15, -0.1) is 0 Å². The fraction of sp³-hybridized carbons (Fsp3) is 0.571. The molecule has 0 saturated heterocycles. The summed E-state index contributed by atoms with van der Waals surface area (Å²) in [7, 11) is -2.20. The number of rotatable bonds is 3. The van der Waals surface area contributed by atoms with Crippen molar-refractivity contribution in [2.75, 3.05) is 7.05 Å². The van der Waals surface area contributed by atoms with E-state index >= 15 is 0 Å². The van der Waals surface area contributed by atoms with Gasteiger partial charge in [0.2, 0.25) is 10.0 Å². The van der Waals surface area contributed by atoms with Crippen LogP contribution in [-0.2, 0) is 10.0 Å². The predicted molar refractivity (Wildman–Crippen MR) is 80.5 cm³/mol. The lowest BCUT2D eigenvalue weighted by Gasteiger charge is -2.26. The van der Waals surface area contributed by atoms with Crippen molar-refractivity contribution in [3.05, 3.63) is 28.5 Å². The number of halogens is 2. The molecule has 1 aromatic carbocycles. The Hall–Kier alpha value is -0.460. The smallest absolute Gasteiger partial charge is 0.207 e. The van der Waals surface area contributed by atoms with Crippen molar-refractivity contribution in [3.63, 3.8) is 0 Å². The third-order valence-corrected chi connectivity index (χ3v) is 6.33. The Morgan fingerprint density at radius 3 is 2.35 bits per heavy atom. The molecule has 2 rings (SSSR count). The van der Waals surface area contributed by atoms with Crippen molar-refractivity contribution >= 4 is 26.0 Å². The first-order valence-corrected chi connectivity index (χ1v) is 9.09. The van der Waals surface area contributed by atoms with Gasteiger partial charge in [0.1, 0.15) is 10.7 Å². The highest BCUT2D eigenvalue weighted by atomic mass is 79.9. The molecule has 20 heavy (non-hydrogen) atoms. The fourth-order valence-electron chi connectivity index (χ4n) is 2.66. The highest BCUT2D eigenvalue weighted by molar-refractivity contribution is 9.10. The lowest BCUT2D eigenvalue weighted by Crippen LogP contribution is -2.37. The summed E-state index contributed by atoms with van der Waals surface area (Å²) in [5.74, 6) is -0.708. The molecular weight excluding hydrogens is 345 g/mol. The van der Waals surface area contributed by atoms with Crippen LogP contribution < -0.4 is 0 Å². The van der Waals surface area contributed by atoms with E-state index in [4.69, 9.17) is 0 Å². The second-order valence-corrected chi connectivity index (χ2v) is 8.12. The molecule has 0 N–H and O–H groups in total. The van der Waals surface area contributed by atoms with Crippen LogP contribution >= 0.6 is 15.9 Å². The molecule has 1 aliphatic rings. The second-order valence-electron chi connectivity index (χ2n) is 5.24. The van der Waals surface area contributed by atoms with Crippen LogP contribution in [0.25, 0.3) is 0 Å². The molecule has 1 fully saturated rings. The van der Waals surface area contributed by atoms with Crippen molar-refractivity contribution in [1.29, 1.82) is 0 Å². The van der Waals surface area contributed by atoms with Crippen LogP contribution in [0.5, 0.6) is 0 Å². The molecule has 0 bridgehead atoms. The Balaban J connectivity index is 2.28. The van der Waals surface area contributed by atoms with Gasteiger partial charge in [0.05, 0.1) is 0 Å². The van der Waals surface area contributed by atoms with Crippen molar-refractivity contribution in [2.24, 2.45) is 0 Å². The largest absolute Gasteiger partial charge is 0.245 e. The summed E-state index contributed by atoms with van der Waals surface area (Å²) in [5, 5.41) is 0. The minimum atomic E-state index is -3.76. The van der Waals surface area contributed by atoms with Crippen LogP contribution in [0.4, 0.5) is 4.39 Å². The van der Waals surface area contributed by atoms with Gasteiger partial charge in [-0.3, -0.25) is 0 Å². The van der Waals surface area contributed by atoms with Crippen molar-refractivity contribution in [1.82, 2.24) is 4.31 Å². The zero-order chi connectivity index (χ0) is 14.8. The molecule has 1 saturated carbocycles. The zero-order valence-corrected chi connectivity index (χ0v) is 13.9. The topological polar surface area (TPSA) is 37.4 Å². The van der Waals surface area contributed by atoms with E-state index in [-0.39, 0.29) is 10.9 Å². The van der Waals surface area contributed by atoms with Crippen LogP contribution in [0.1, 0.15) is 38.5 Å². The molecule has 3 nitrogen and oxygen atoms in total. The molecule has 1 aromatic rings. The van der Waals surface area contributed by atoms with Crippen LogP contribution in [0.15, 0.2) is 27.6 Å². The standard InChI is InChI=1S/C14H19BrFNO2S/c1-17(12-6-4-2-3-5-7-12)20(18,19)14-9-8-11(15)10-13(14)16/h8-10,12H,2-7H2,1H3. The maximum absolute atomic E-state index is 13.9. The Bertz CT molecular complexity index is 569. The number of benzene rings is 1. The van der Waals surface area contributed by atoms with Crippen LogP contribution in [0.2, 0.25) is 0 Å². The van der Waals surface area contributed by atoms with Gasteiger partial charge >= 0.3 is 0 Å². The monoisotopic (exact) mass is 363 g/mol. The Labute approximate surface area is 128 Å². The normalized spacial score (nSPS) is 18.2. The van der Waals surface area contributed by atoms with E-state index in [1.807, 2.05) is 0 Å². The highest BCUT2D eigenvalue weighted by Gasteiger charge is 2.30. The molecule has 0 amide bonds. The summed E-state index contributed by atoms with van der Waals surface area (Å²) in [4.78, 5) is -0.243. The highest BCUT2D eigenvalue weighted by Crippen LogP contribution is 2.28. The number of sulfonamides is 1. The van der Waals surface area contributed by atoms with Gasteiger partial charge in [-0.2, -0.15) is 4.31 Å². The van der Waals surface area contributed by atoms with E-state index in [1.54, 1.807) is 13.1 Å². The summed E-state index contributed by atoms with van der Waals surface area (Å²) in [5.41, 5.74) is 0. The maximum Gasteiger partial charge on any atom is 0.245 e. The van der Waals surface area contributed by atoms with Gasteiger partial charge in [0.15, 0.2) is 0 Å². The van der Waals surface area contributed by atoms with Gasteiger partial charge in [0, 0.05) is 17.6 Å². The average molecular weight is 364 g/mol. The summed E-state index contributed by atoms with van der Waals surface area (Å²) in [6.07, 6.45) is 6.08. The molecular formula is C14H19BrFNO2S. The number of hydrogen-bond donors (Lipinski definition) is 0. The Morgan fingerprint density at radius 2 is 1.80 bits per heavy atom. The molecule has 0 aliphatic heterocycles. The van der Waals surface area contributed by atoms with E-state index in [0.29, 0.717) is 4.47 Å². The van der Waals surface area contributed by atoms with Gasteiger partial charge in [0.25, 0.3) is 0 Å². The van der Waals surface area contributed by atoms with E-state index in [1.165, 1.54) is 16.4 Å². The van der Waals surface area contributed by atoms with Crippen LogP contribution in [-0.4, -0.2) is 25.8 Å². The van der Waals surface area contributed by atoms with E-state index < -0.39 is 15.8 Å². The van der Waals surface area contributed by atoms with Crippen LogP contribution in [0, 0.1) is 5.82 Å². The first-order chi connectivity index (χ1) is 9.43. The molecule has 0 unspecified atom stereocenters. The quantitative estimate of drug-likeness (QED) is 0.762. The van der Waals surface area contributed by atoms with Crippen molar-refractivity contribution in [2.45, 2.75) is 49.5 Å². The maximum atomic E-state index is 13.9.